The van der Waals surface area contributed by atoms with Crippen LogP contribution in [0.1, 0.15) is 31.4 Å². The molecule has 1 aliphatic heterocycles. The minimum absolute atomic E-state index is 0.0456. The molecule has 1 aliphatic carbocycles. The smallest absolute Gasteiger partial charge is 0.228 e. The van der Waals surface area contributed by atoms with Crippen molar-refractivity contribution in [2.75, 3.05) is 13.1 Å². The van der Waals surface area contributed by atoms with Gasteiger partial charge in [0, 0.05) is 12.2 Å². The van der Waals surface area contributed by atoms with Crippen molar-refractivity contribution in [3.63, 3.8) is 0 Å². The number of likely N-dealkylation sites (tertiary alicyclic amines) is 1. The molecule has 1 aromatic rings. The molecule has 1 atom stereocenters. The Labute approximate surface area is 117 Å². The molecular formula is C15H19FN2O2. The third-order valence-corrected chi connectivity index (χ3v) is 3.67. The van der Waals surface area contributed by atoms with E-state index in [0.29, 0.717) is 24.8 Å². The molecule has 2 heterocycles. The van der Waals surface area contributed by atoms with Crippen LogP contribution in [-0.4, -0.2) is 41.2 Å². The van der Waals surface area contributed by atoms with Crippen molar-refractivity contribution in [3.8, 4) is 5.75 Å². The molecule has 0 radical (unpaired) electrons. The first-order valence-corrected chi connectivity index (χ1v) is 7.24. The van der Waals surface area contributed by atoms with Gasteiger partial charge in [0.2, 0.25) is 5.91 Å². The molecule has 1 amide bonds. The highest BCUT2D eigenvalue weighted by molar-refractivity contribution is 5.78. The van der Waals surface area contributed by atoms with Crippen molar-refractivity contribution in [2.45, 2.75) is 44.4 Å². The van der Waals surface area contributed by atoms with Gasteiger partial charge in [-0.1, -0.05) is 0 Å². The summed E-state index contributed by atoms with van der Waals surface area (Å²) < 4.78 is 18.9. The van der Waals surface area contributed by atoms with Crippen LogP contribution in [0.3, 0.4) is 0 Å². The van der Waals surface area contributed by atoms with Crippen LogP contribution in [0.5, 0.6) is 5.75 Å². The van der Waals surface area contributed by atoms with E-state index in [0.717, 1.165) is 25.0 Å². The molecule has 2 aliphatic rings. The van der Waals surface area contributed by atoms with Gasteiger partial charge in [0.15, 0.2) is 0 Å². The Morgan fingerprint density at radius 2 is 2.25 bits per heavy atom. The van der Waals surface area contributed by atoms with Crippen molar-refractivity contribution >= 4 is 5.91 Å². The van der Waals surface area contributed by atoms with Gasteiger partial charge in [-0.05, 0) is 37.8 Å². The number of amides is 1. The summed E-state index contributed by atoms with van der Waals surface area (Å²) >= 11 is 0. The Morgan fingerprint density at radius 1 is 1.40 bits per heavy atom. The highest BCUT2D eigenvalue weighted by atomic mass is 19.1. The van der Waals surface area contributed by atoms with Crippen molar-refractivity contribution in [1.82, 2.24) is 9.88 Å². The van der Waals surface area contributed by atoms with Crippen molar-refractivity contribution < 1.29 is 13.9 Å². The second-order valence-electron chi connectivity index (χ2n) is 5.56. The standard InChI is InChI=1S/C15H19FN2O2/c16-11-2-1-7-18(10-11)15(19)8-12-3-4-14(9-17-12)20-13-5-6-13/h3-4,9,11,13H,1-2,5-8,10H2/t11-/m1/s1. The molecule has 20 heavy (non-hydrogen) atoms. The van der Waals surface area contributed by atoms with E-state index in [1.807, 2.05) is 12.1 Å². The maximum atomic E-state index is 13.3. The number of carbonyl (C=O) groups is 1. The number of carbonyl (C=O) groups excluding carboxylic acids is 1. The summed E-state index contributed by atoms with van der Waals surface area (Å²) in [6.07, 6.45) is 4.89. The first-order valence-electron chi connectivity index (χ1n) is 7.24. The number of piperidine rings is 1. The van der Waals surface area contributed by atoms with Gasteiger partial charge in [-0.15, -0.1) is 0 Å². The molecule has 0 unspecified atom stereocenters. The zero-order chi connectivity index (χ0) is 13.9. The van der Waals surface area contributed by atoms with Crippen LogP contribution in [0.15, 0.2) is 18.3 Å². The molecule has 4 nitrogen and oxygen atoms in total. The zero-order valence-electron chi connectivity index (χ0n) is 11.4. The van der Waals surface area contributed by atoms with E-state index in [2.05, 4.69) is 4.98 Å². The van der Waals surface area contributed by atoms with E-state index in [1.54, 1.807) is 11.1 Å². The zero-order valence-corrected chi connectivity index (χ0v) is 11.4. The van der Waals surface area contributed by atoms with E-state index in [4.69, 9.17) is 4.74 Å². The fraction of sp³-hybridized carbons (Fsp3) is 0.600. The number of hydrogen-bond donors (Lipinski definition) is 0. The van der Waals surface area contributed by atoms with Gasteiger partial charge in [0.1, 0.15) is 11.9 Å². The number of ether oxygens (including phenoxy) is 1. The van der Waals surface area contributed by atoms with Gasteiger partial charge in [-0.2, -0.15) is 0 Å². The van der Waals surface area contributed by atoms with Crippen molar-refractivity contribution in [3.05, 3.63) is 24.0 Å². The number of aromatic nitrogens is 1. The number of pyridine rings is 1. The lowest BCUT2D eigenvalue weighted by molar-refractivity contribution is -0.132. The van der Waals surface area contributed by atoms with E-state index in [-0.39, 0.29) is 18.9 Å². The molecule has 1 saturated heterocycles. The van der Waals surface area contributed by atoms with E-state index >= 15 is 0 Å². The molecule has 0 spiro atoms. The molecule has 0 bridgehead atoms. The number of hydrogen-bond acceptors (Lipinski definition) is 3. The van der Waals surface area contributed by atoms with Gasteiger partial charge in [-0.25, -0.2) is 4.39 Å². The summed E-state index contributed by atoms with van der Waals surface area (Å²) in [6, 6.07) is 3.66. The second kappa shape index (κ2) is 5.77. The molecule has 5 heteroatoms. The van der Waals surface area contributed by atoms with E-state index < -0.39 is 6.17 Å². The third-order valence-electron chi connectivity index (χ3n) is 3.67. The van der Waals surface area contributed by atoms with Gasteiger partial charge >= 0.3 is 0 Å². The average Bonchev–Trinajstić information content (AvgIpc) is 3.25. The summed E-state index contributed by atoms with van der Waals surface area (Å²) in [5.74, 6) is 0.709. The largest absolute Gasteiger partial charge is 0.489 e. The summed E-state index contributed by atoms with van der Waals surface area (Å²) in [6.45, 7) is 0.879. The molecule has 0 aromatic carbocycles. The average molecular weight is 278 g/mol. The van der Waals surface area contributed by atoms with Crippen LogP contribution in [0.25, 0.3) is 0 Å². The maximum Gasteiger partial charge on any atom is 0.228 e. The van der Waals surface area contributed by atoms with Crippen LogP contribution in [0, 0.1) is 0 Å². The quantitative estimate of drug-likeness (QED) is 0.847. The lowest BCUT2D eigenvalue weighted by Crippen LogP contribution is -2.41. The van der Waals surface area contributed by atoms with Crippen LogP contribution in [0.2, 0.25) is 0 Å². The third kappa shape index (κ3) is 3.46. The van der Waals surface area contributed by atoms with Gasteiger partial charge < -0.3 is 9.64 Å². The lowest BCUT2D eigenvalue weighted by Gasteiger charge is -2.29. The first-order chi connectivity index (χ1) is 9.70. The van der Waals surface area contributed by atoms with Crippen molar-refractivity contribution in [1.29, 1.82) is 0 Å². The summed E-state index contributed by atoms with van der Waals surface area (Å²) in [4.78, 5) is 17.9. The van der Waals surface area contributed by atoms with Gasteiger partial charge in [0.05, 0.1) is 25.3 Å². The Bertz CT molecular complexity index is 473. The predicted molar refractivity (Wildman–Crippen MR) is 72.3 cm³/mol. The van der Waals surface area contributed by atoms with Crippen LogP contribution in [0.4, 0.5) is 4.39 Å². The topological polar surface area (TPSA) is 42.4 Å². The van der Waals surface area contributed by atoms with Gasteiger partial charge in [0.25, 0.3) is 0 Å². The monoisotopic (exact) mass is 278 g/mol. The lowest BCUT2D eigenvalue weighted by atomic mass is 10.1. The minimum Gasteiger partial charge on any atom is -0.489 e. The molecule has 3 rings (SSSR count). The van der Waals surface area contributed by atoms with Crippen LogP contribution in [-0.2, 0) is 11.2 Å². The Kier molecular flexibility index (Phi) is 3.85. The number of alkyl halides is 1. The molecule has 2 fully saturated rings. The minimum atomic E-state index is -0.880. The second-order valence-corrected chi connectivity index (χ2v) is 5.56. The number of rotatable bonds is 4. The van der Waals surface area contributed by atoms with E-state index in [1.165, 1.54) is 0 Å². The molecule has 0 N–H and O–H groups in total. The fourth-order valence-corrected chi connectivity index (χ4v) is 2.38. The van der Waals surface area contributed by atoms with Crippen LogP contribution >= 0.6 is 0 Å². The van der Waals surface area contributed by atoms with E-state index in [9.17, 15) is 9.18 Å². The van der Waals surface area contributed by atoms with Crippen molar-refractivity contribution in [2.24, 2.45) is 0 Å². The Hall–Kier alpha value is -1.65. The first kappa shape index (κ1) is 13.3. The Morgan fingerprint density at radius 3 is 2.90 bits per heavy atom. The van der Waals surface area contributed by atoms with Gasteiger partial charge in [-0.3, -0.25) is 9.78 Å². The highest BCUT2D eigenvalue weighted by Gasteiger charge is 2.24. The van der Waals surface area contributed by atoms with Crippen LogP contribution < -0.4 is 4.74 Å². The molecule has 1 saturated carbocycles. The number of halogens is 1. The normalized spacial score (nSPS) is 22.6. The number of nitrogens with zero attached hydrogens (tertiary/aromatic N) is 2. The maximum absolute atomic E-state index is 13.3. The summed E-state index contributed by atoms with van der Waals surface area (Å²) in [5, 5.41) is 0. The fourth-order valence-electron chi connectivity index (χ4n) is 2.38. The SMILES string of the molecule is O=C(Cc1ccc(OC2CC2)cn1)N1CCC[C@@H](F)C1. The predicted octanol–water partition coefficient (Wildman–Crippen LogP) is 2.13. The highest BCUT2D eigenvalue weighted by Crippen LogP contribution is 2.26. The summed E-state index contributed by atoms with van der Waals surface area (Å²) in [5.41, 5.74) is 0.708. The summed E-state index contributed by atoms with van der Waals surface area (Å²) in [7, 11) is 0. The molecular weight excluding hydrogens is 259 g/mol. The molecule has 108 valence electrons. The Balaban J connectivity index is 1.54. The molecule has 1 aromatic heterocycles.